The van der Waals surface area contributed by atoms with Gasteiger partial charge in [0.25, 0.3) is 0 Å². The second kappa shape index (κ2) is 4.78. The van der Waals surface area contributed by atoms with Crippen LogP contribution >= 0.6 is 0 Å². The second-order valence-electron chi connectivity index (χ2n) is 4.59. The molecule has 0 saturated heterocycles. The molecule has 0 fully saturated rings. The summed E-state index contributed by atoms with van der Waals surface area (Å²) in [6.45, 7) is 2.61. The Hall–Kier alpha value is -1.88. The highest BCUT2D eigenvalue weighted by Gasteiger charge is 2.15. The fraction of sp³-hybridized carbons (Fsp3) is 0.385. The van der Waals surface area contributed by atoms with Crippen molar-refractivity contribution in [1.82, 2.24) is 14.9 Å². The van der Waals surface area contributed by atoms with Crippen molar-refractivity contribution in [3.8, 4) is 0 Å². The fourth-order valence-corrected chi connectivity index (χ4v) is 2.12. The summed E-state index contributed by atoms with van der Waals surface area (Å²) in [5.41, 5.74) is 2.39. The van der Waals surface area contributed by atoms with Gasteiger partial charge in [0, 0.05) is 31.3 Å². The van der Waals surface area contributed by atoms with E-state index in [2.05, 4.69) is 27.2 Å². The van der Waals surface area contributed by atoms with Crippen LogP contribution in [0.2, 0.25) is 0 Å². The minimum atomic E-state index is 0.617. The second-order valence-corrected chi connectivity index (χ2v) is 4.59. The number of fused-ring (bicyclic) bond motifs is 1. The first-order chi connectivity index (χ1) is 8.81. The number of rotatable bonds is 3. The molecule has 5 nitrogen and oxygen atoms in total. The van der Waals surface area contributed by atoms with E-state index in [-0.39, 0.29) is 0 Å². The van der Waals surface area contributed by atoms with E-state index >= 15 is 0 Å². The van der Waals surface area contributed by atoms with Crippen LogP contribution < -0.4 is 5.32 Å². The maximum atomic E-state index is 5.26. The Kier molecular flexibility index (Phi) is 2.98. The molecule has 2 aromatic rings. The molecular weight excluding hydrogens is 228 g/mol. The maximum Gasteiger partial charge on any atom is 0.223 e. The predicted molar refractivity (Wildman–Crippen MR) is 68.1 cm³/mol. The lowest BCUT2D eigenvalue weighted by atomic mass is 10.1. The van der Waals surface area contributed by atoms with E-state index in [9.17, 15) is 0 Å². The molecule has 18 heavy (non-hydrogen) atoms. The minimum Gasteiger partial charge on any atom is -0.467 e. The van der Waals surface area contributed by atoms with E-state index in [0.717, 1.165) is 31.0 Å². The van der Waals surface area contributed by atoms with Gasteiger partial charge in [-0.15, -0.1) is 0 Å². The van der Waals surface area contributed by atoms with Crippen LogP contribution in [0, 0.1) is 0 Å². The molecule has 1 aliphatic heterocycles. The van der Waals surface area contributed by atoms with Gasteiger partial charge in [0.2, 0.25) is 5.95 Å². The summed E-state index contributed by atoms with van der Waals surface area (Å²) < 4.78 is 5.26. The molecule has 0 unspecified atom stereocenters. The Morgan fingerprint density at radius 1 is 1.50 bits per heavy atom. The molecule has 3 rings (SSSR count). The van der Waals surface area contributed by atoms with Crippen LogP contribution in [0.4, 0.5) is 5.95 Å². The SMILES string of the molecule is CN1CCc2nc(NCc3ccco3)ncc2C1. The van der Waals surface area contributed by atoms with Gasteiger partial charge in [0.1, 0.15) is 5.76 Å². The number of nitrogens with one attached hydrogen (secondary N) is 1. The molecule has 0 aromatic carbocycles. The summed E-state index contributed by atoms with van der Waals surface area (Å²) in [4.78, 5) is 11.2. The van der Waals surface area contributed by atoms with Gasteiger partial charge in [0.05, 0.1) is 18.5 Å². The van der Waals surface area contributed by atoms with Gasteiger partial charge in [-0.05, 0) is 19.2 Å². The van der Waals surface area contributed by atoms with Crippen LogP contribution in [-0.2, 0) is 19.5 Å². The molecule has 1 N–H and O–H groups in total. The normalized spacial score (nSPS) is 15.4. The molecule has 0 aliphatic carbocycles. The van der Waals surface area contributed by atoms with Crippen molar-refractivity contribution in [2.24, 2.45) is 0 Å². The third kappa shape index (κ3) is 2.36. The lowest BCUT2D eigenvalue weighted by Crippen LogP contribution is -2.27. The van der Waals surface area contributed by atoms with Crippen molar-refractivity contribution in [2.75, 3.05) is 18.9 Å². The minimum absolute atomic E-state index is 0.617. The summed E-state index contributed by atoms with van der Waals surface area (Å²) in [5.74, 6) is 1.56. The van der Waals surface area contributed by atoms with E-state index < -0.39 is 0 Å². The van der Waals surface area contributed by atoms with Gasteiger partial charge in [0.15, 0.2) is 0 Å². The quantitative estimate of drug-likeness (QED) is 0.890. The molecule has 3 heterocycles. The van der Waals surface area contributed by atoms with Gasteiger partial charge in [-0.2, -0.15) is 0 Å². The van der Waals surface area contributed by atoms with Gasteiger partial charge in [-0.1, -0.05) is 0 Å². The first-order valence-corrected chi connectivity index (χ1v) is 6.11. The van der Waals surface area contributed by atoms with E-state index in [4.69, 9.17) is 4.42 Å². The zero-order valence-corrected chi connectivity index (χ0v) is 10.4. The van der Waals surface area contributed by atoms with E-state index in [1.54, 1.807) is 6.26 Å². The first-order valence-electron chi connectivity index (χ1n) is 6.11. The standard InChI is InChI=1S/C13H16N4O/c1-17-5-4-12-10(9-17)7-14-13(16-12)15-8-11-3-2-6-18-11/h2-3,6-7H,4-5,8-9H2,1H3,(H,14,15,16). The van der Waals surface area contributed by atoms with Crippen molar-refractivity contribution < 1.29 is 4.42 Å². The molecule has 2 aromatic heterocycles. The van der Waals surface area contributed by atoms with Gasteiger partial charge >= 0.3 is 0 Å². The topological polar surface area (TPSA) is 54.2 Å². The Labute approximate surface area is 106 Å². The van der Waals surface area contributed by atoms with Crippen LogP contribution in [0.15, 0.2) is 29.0 Å². The Bertz CT molecular complexity index is 524. The smallest absolute Gasteiger partial charge is 0.223 e. The van der Waals surface area contributed by atoms with Gasteiger partial charge < -0.3 is 14.6 Å². The molecule has 0 atom stereocenters. The Balaban J connectivity index is 1.70. The number of hydrogen-bond acceptors (Lipinski definition) is 5. The summed E-state index contributed by atoms with van der Waals surface area (Å²) in [6.07, 6.45) is 4.58. The molecular formula is C13H16N4O. The van der Waals surface area contributed by atoms with Gasteiger partial charge in [-0.3, -0.25) is 0 Å². The van der Waals surface area contributed by atoms with Crippen molar-refractivity contribution >= 4 is 5.95 Å². The fourth-order valence-electron chi connectivity index (χ4n) is 2.12. The average Bonchev–Trinajstić information content (AvgIpc) is 2.89. The number of nitrogens with zero attached hydrogens (tertiary/aromatic N) is 3. The molecule has 0 radical (unpaired) electrons. The highest BCUT2D eigenvalue weighted by molar-refractivity contribution is 5.31. The van der Waals surface area contributed by atoms with E-state index in [0.29, 0.717) is 12.5 Å². The zero-order valence-electron chi connectivity index (χ0n) is 10.4. The molecule has 5 heteroatoms. The zero-order chi connectivity index (χ0) is 12.4. The lowest BCUT2D eigenvalue weighted by molar-refractivity contribution is 0.309. The van der Waals surface area contributed by atoms with Crippen LogP contribution in [0.25, 0.3) is 0 Å². The summed E-state index contributed by atoms with van der Waals surface area (Å²) in [7, 11) is 2.12. The number of hydrogen-bond donors (Lipinski definition) is 1. The number of likely N-dealkylation sites (N-methyl/N-ethyl adjacent to an activating group) is 1. The predicted octanol–water partition coefficient (Wildman–Crippen LogP) is 1.67. The highest BCUT2D eigenvalue weighted by atomic mass is 16.3. The Morgan fingerprint density at radius 2 is 2.44 bits per heavy atom. The summed E-state index contributed by atoms with van der Waals surface area (Å²) >= 11 is 0. The van der Waals surface area contributed by atoms with Crippen molar-refractivity contribution in [2.45, 2.75) is 19.5 Å². The van der Waals surface area contributed by atoms with Crippen LogP contribution in [0.3, 0.4) is 0 Å². The van der Waals surface area contributed by atoms with Crippen LogP contribution in [0.1, 0.15) is 17.0 Å². The average molecular weight is 244 g/mol. The maximum absolute atomic E-state index is 5.26. The molecule has 0 amide bonds. The number of anilines is 1. The molecule has 1 aliphatic rings. The largest absolute Gasteiger partial charge is 0.467 e. The van der Waals surface area contributed by atoms with Gasteiger partial charge in [-0.25, -0.2) is 9.97 Å². The monoisotopic (exact) mass is 244 g/mol. The van der Waals surface area contributed by atoms with E-state index in [1.807, 2.05) is 18.3 Å². The third-order valence-corrected chi connectivity index (χ3v) is 3.13. The summed E-state index contributed by atoms with van der Waals surface area (Å²) in [6, 6.07) is 3.81. The number of furan rings is 1. The summed E-state index contributed by atoms with van der Waals surface area (Å²) in [5, 5.41) is 3.18. The lowest BCUT2D eigenvalue weighted by Gasteiger charge is -2.23. The Morgan fingerprint density at radius 3 is 3.28 bits per heavy atom. The van der Waals surface area contributed by atoms with Crippen LogP contribution in [0.5, 0.6) is 0 Å². The van der Waals surface area contributed by atoms with Crippen molar-refractivity contribution in [3.63, 3.8) is 0 Å². The molecule has 94 valence electrons. The van der Waals surface area contributed by atoms with Crippen LogP contribution in [-0.4, -0.2) is 28.5 Å². The van der Waals surface area contributed by atoms with Crippen molar-refractivity contribution in [1.29, 1.82) is 0 Å². The highest BCUT2D eigenvalue weighted by Crippen LogP contribution is 2.16. The first kappa shape index (κ1) is 11.2. The number of aromatic nitrogens is 2. The van der Waals surface area contributed by atoms with Crippen molar-refractivity contribution in [3.05, 3.63) is 41.6 Å². The molecule has 0 spiro atoms. The molecule has 0 saturated carbocycles. The van der Waals surface area contributed by atoms with E-state index in [1.165, 1.54) is 5.56 Å². The third-order valence-electron chi connectivity index (χ3n) is 3.13. The molecule has 0 bridgehead atoms.